The van der Waals surface area contributed by atoms with Gasteiger partial charge in [-0.25, -0.2) is 17.8 Å². The van der Waals surface area contributed by atoms with Crippen LogP contribution >= 0.6 is 22.9 Å². The van der Waals surface area contributed by atoms with Gasteiger partial charge >= 0.3 is 0 Å². The van der Waals surface area contributed by atoms with Gasteiger partial charge in [0.05, 0.1) is 20.4 Å². The average Bonchev–Trinajstić information content (AvgIpc) is 3.24. The van der Waals surface area contributed by atoms with E-state index < -0.39 is 15.7 Å². The number of anilines is 1. The van der Waals surface area contributed by atoms with E-state index in [1.807, 2.05) is 18.2 Å². The summed E-state index contributed by atoms with van der Waals surface area (Å²) in [6, 6.07) is 10.4. The summed E-state index contributed by atoms with van der Waals surface area (Å²) < 4.78 is 38.6. The molecule has 2 aromatic carbocycles. The van der Waals surface area contributed by atoms with Crippen LogP contribution in [0, 0.1) is 5.82 Å². The highest BCUT2D eigenvalue weighted by Gasteiger charge is 2.21. The van der Waals surface area contributed by atoms with E-state index in [1.165, 1.54) is 12.1 Å². The summed E-state index contributed by atoms with van der Waals surface area (Å²) in [5.74, 6) is -1.13. The molecule has 7 nitrogen and oxygen atoms in total. The van der Waals surface area contributed by atoms with Crippen LogP contribution in [-0.4, -0.2) is 69.2 Å². The zero-order chi connectivity index (χ0) is 23.4. The van der Waals surface area contributed by atoms with Crippen molar-refractivity contribution in [3.8, 4) is 0 Å². The predicted molar refractivity (Wildman–Crippen MR) is 129 cm³/mol. The van der Waals surface area contributed by atoms with Gasteiger partial charge in [-0.1, -0.05) is 29.0 Å². The van der Waals surface area contributed by atoms with E-state index in [4.69, 9.17) is 11.6 Å². The van der Waals surface area contributed by atoms with Crippen LogP contribution in [0.4, 0.5) is 9.52 Å². The molecule has 176 valence electrons. The van der Waals surface area contributed by atoms with Crippen LogP contribution in [0.3, 0.4) is 0 Å². The van der Waals surface area contributed by atoms with Gasteiger partial charge in [0.25, 0.3) is 0 Å². The number of piperazine rings is 1. The second-order valence-electron chi connectivity index (χ2n) is 7.78. The first-order valence-electron chi connectivity index (χ1n) is 10.6. The minimum absolute atomic E-state index is 0.0185. The topological polar surface area (TPSA) is 82.6 Å². The van der Waals surface area contributed by atoms with Crippen molar-refractivity contribution in [3.63, 3.8) is 0 Å². The molecular formula is C22H24ClFN4O3S2. The normalized spacial score (nSPS) is 15.2. The number of nitrogens with one attached hydrogen (secondary N) is 1. The smallest absolute Gasteiger partial charge is 0.221 e. The maximum absolute atomic E-state index is 13.0. The Kier molecular flexibility index (Phi) is 7.48. The SMILES string of the molecule is O=C(CCS(=O)(=O)c1ccc(F)cc1)NCCN1CCN(c2nc3c(Cl)cccc3s2)CC1. The van der Waals surface area contributed by atoms with Gasteiger partial charge in [0.1, 0.15) is 11.3 Å². The third-order valence-electron chi connectivity index (χ3n) is 5.52. The molecule has 1 aromatic heterocycles. The fourth-order valence-electron chi connectivity index (χ4n) is 3.63. The number of hydrogen-bond acceptors (Lipinski definition) is 7. The predicted octanol–water partition coefficient (Wildman–Crippen LogP) is 3.19. The number of halogens is 2. The number of nitrogens with zero attached hydrogens (tertiary/aromatic N) is 3. The molecule has 0 aliphatic carbocycles. The van der Waals surface area contributed by atoms with Crippen molar-refractivity contribution >= 4 is 54.0 Å². The third-order valence-corrected chi connectivity index (χ3v) is 8.64. The number of hydrogen-bond donors (Lipinski definition) is 1. The number of amides is 1. The summed E-state index contributed by atoms with van der Waals surface area (Å²) in [6.07, 6.45) is -0.131. The quantitative estimate of drug-likeness (QED) is 0.469. The Balaban J connectivity index is 1.18. The van der Waals surface area contributed by atoms with E-state index in [0.717, 1.165) is 53.7 Å². The van der Waals surface area contributed by atoms with E-state index in [0.29, 0.717) is 18.1 Å². The Morgan fingerprint density at radius 2 is 1.85 bits per heavy atom. The molecule has 3 aromatic rings. The fourth-order valence-corrected chi connectivity index (χ4v) is 6.19. The summed E-state index contributed by atoms with van der Waals surface area (Å²) in [6.45, 7) is 4.50. The molecule has 1 N–H and O–H groups in total. The minimum atomic E-state index is -3.62. The highest BCUT2D eigenvalue weighted by molar-refractivity contribution is 7.91. The lowest BCUT2D eigenvalue weighted by molar-refractivity contribution is -0.120. The second kappa shape index (κ2) is 10.3. The summed E-state index contributed by atoms with van der Waals surface area (Å²) in [7, 11) is -3.62. The number of rotatable bonds is 8. The van der Waals surface area contributed by atoms with Crippen molar-refractivity contribution < 1.29 is 17.6 Å². The lowest BCUT2D eigenvalue weighted by Gasteiger charge is -2.34. The Morgan fingerprint density at radius 1 is 1.12 bits per heavy atom. The molecule has 0 radical (unpaired) electrons. The maximum Gasteiger partial charge on any atom is 0.221 e. The first-order chi connectivity index (χ1) is 15.8. The molecule has 0 bridgehead atoms. The van der Waals surface area contributed by atoms with Crippen LogP contribution in [0.5, 0.6) is 0 Å². The van der Waals surface area contributed by atoms with Gasteiger partial charge < -0.3 is 10.2 Å². The molecule has 0 unspecified atom stereocenters. The third kappa shape index (κ3) is 6.00. The Bertz CT molecular complexity index is 1230. The highest BCUT2D eigenvalue weighted by atomic mass is 35.5. The summed E-state index contributed by atoms with van der Waals surface area (Å²) >= 11 is 7.87. The number of para-hydroxylation sites is 1. The van der Waals surface area contributed by atoms with Crippen molar-refractivity contribution in [1.29, 1.82) is 0 Å². The lowest BCUT2D eigenvalue weighted by atomic mass is 10.3. The van der Waals surface area contributed by atoms with Crippen molar-refractivity contribution in [2.75, 3.05) is 49.9 Å². The number of benzene rings is 2. The zero-order valence-corrected chi connectivity index (χ0v) is 20.2. The van der Waals surface area contributed by atoms with Gasteiger partial charge in [0, 0.05) is 45.7 Å². The number of thiazole rings is 1. The average molecular weight is 511 g/mol. The Morgan fingerprint density at radius 3 is 2.55 bits per heavy atom. The van der Waals surface area contributed by atoms with Crippen LogP contribution in [0.2, 0.25) is 5.02 Å². The first kappa shape index (κ1) is 23.9. The number of fused-ring (bicyclic) bond motifs is 1. The Hall–Kier alpha value is -2.27. The molecule has 4 rings (SSSR count). The van der Waals surface area contributed by atoms with E-state index >= 15 is 0 Å². The van der Waals surface area contributed by atoms with Crippen LogP contribution in [-0.2, 0) is 14.6 Å². The molecule has 0 spiro atoms. The van der Waals surface area contributed by atoms with Gasteiger partial charge in [-0.05, 0) is 36.4 Å². The van der Waals surface area contributed by atoms with Gasteiger partial charge in [0.15, 0.2) is 15.0 Å². The molecular weight excluding hydrogens is 487 g/mol. The monoisotopic (exact) mass is 510 g/mol. The molecule has 2 heterocycles. The number of aromatic nitrogens is 1. The van der Waals surface area contributed by atoms with Crippen LogP contribution in [0.15, 0.2) is 47.4 Å². The largest absolute Gasteiger partial charge is 0.355 e. The van der Waals surface area contributed by atoms with Crippen molar-refractivity contribution in [1.82, 2.24) is 15.2 Å². The van der Waals surface area contributed by atoms with Crippen LogP contribution in [0.25, 0.3) is 10.2 Å². The van der Waals surface area contributed by atoms with Gasteiger partial charge in [-0.2, -0.15) is 0 Å². The van der Waals surface area contributed by atoms with Crippen LogP contribution < -0.4 is 10.2 Å². The summed E-state index contributed by atoms with van der Waals surface area (Å²) in [5.41, 5.74) is 0.839. The molecule has 1 aliphatic heterocycles. The zero-order valence-electron chi connectivity index (χ0n) is 17.8. The number of carbonyl (C=O) groups excluding carboxylic acids is 1. The molecule has 0 atom stereocenters. The second-order valence-corrected chi connectivity index (χ2v) is 11.3. The van der Waals surface area contributed by atoms with E-state index in [2.05, 4.69) is 20.1 Å². The standard InChI is InChI=1S/C22H24ClFN4O3S2/c23-18-2-1-3-19-21(18)26-22(32-19)28-13-11-27(12-14-28)10-9-25-20(29)8-15-33(30,31)17-6-4-16(24)5-7-17/h1-7H,8-15H2,(H,25,29). The molecule has 33 heavy (non-hydrogen) atoms. The molecule has 1 aliphatic rings. The Labute approximate surface area is 201 Å². The molecule has 1 fully saturated rings. The van der Waals surface area contributed by atoms with E-state index in [-0.39, 0.29) is 23.0 Å². The van der Waals surface area contributed by atoms with Crippen molar-refractivity contribution in [2.24, 2.45) is 0 Å². The summed E-state index contributed by atoms with van der Waals surface area (Å²) in [5, 5.41) is 4.41. The van der Waals surface area contributed by atoms with Gasteiger partial charge in [-0.3, -0.25) is 9.69 Å². The van der Waals surface area contributed by atoms with Crippen molar-refractivity contribution in [2.45, 2.75) is 11.3 Å². The fraction of sp³-hybridized carbons (Fsp3) is 0.364. The van der Waals surface area contributed by atoms with E-state index in [1.54, 1.807) is 11.3 Å². The van der Waals surface area contributed by atoms with E-state index in [9.17, 15) is 17.6 Å². The molecule has 1 amide bonds. The number of carbonyl (C=O) groups is 1. The van der Waals surface area contributed by atoms with Crippen molar-refractivity contribution in [3.05, 3.63) is 53.3 Å². The molecule has 0 saturated carbocycles. The van der Waals surface area contributed by atoms with Crippen LogP contribution in [0.1, 0.15) is 6.42 Å². The van der Waals surface area contributed by atoms with Gasteiger partial charge in [-0.15, -0.1) is 0 Å². The maximum atomic E-state index is 13.0. The lowest BCUT2D eigenvalue weighted by Crippen LogP contribution is -2.48. The molecule has 1 saturated heterocycles. The summed E-state index contributed by atoms with van der Waals surface area (Å²) in [4.78, 5) is 21.3. The van der Waals surface area contributed by atoms with Gasteiger partial charge in [0.2, 0.25) is 5.91 Å². The minimum Gasteiger partial charge on any atom is -0.355 e. The number of sulfone groups is 1. The first-order valence-corrected chi connectivity index (χ1v) is 13.4. The molecule has 11 heteroatoms. The highest BCUT2D eigenvalue weighted by Crippen LogP contribution is 2.33.